The highest BCUT2D eigenvalue weighted by atomic mass is 32.2. The summed E-state index contributed by atoms with van der Waals surface area (Å²) in [7, 11) is 0. The average molecular weight is 393 g/mol. The largest absolute Gasteiger partial charge is 0.356 e. The summed E-state index contributed by atoms with van der Waals surface area (Å²) < 4.78 is 12.8. The summed E-state index contributed by atoms with van der Waals surface area (Å²) in [6, 6.07) is 5.85. The van der Waals surface area contributed by atoms with Crippen LogP contribution in [-0.4, -0.2) is 47.1 Å². The number of amides is 4. The van der Waals surface area contributed by atoms with E-state index < -0.39 is 5.54 Å². The van der Waals surface area contributed by atoms with E-state index in [-0.39, 0.29) is 23.7 Å². The summed E-state index contributed by atoms with van der Waals surface area (Å²) in [5, 5.41) is 5.66. The Morgan fingerprint density at radius 3 is 2.63 bits per heavy atom. The first kappa shape index (κ1) is 19.7. The summed E-state index contributed by atoms with van der Waals surface area (Å²) in [5.74, 6) is 0.134. The number of nitrogens with zero attached hydrogens (tertiary/aromatic N) is 1. The molecule has 6 nitrogen and oxygen atoms in total. The SMILES string of the molecule is O=C(CCSc1ccc(F)cc1)NCCCN1C(=O)NC2(CCCC2)C1=O. The van der Waals surface area contributed by atoms with Crippen LogP contribution in [0.5, 0.6) is 0 Å². The van der Waals surface area contributed by atoms with E-state index in [1.807, 2.05) is 0 Å². The summed E-state index contributed by atoms with van der Waals surface area (Å²) >= 11 is 1.49. The molecule has 2 N–H and O–H groups in total. The van der Waals surface area contributed by atoms with Crippen molar-refractivity contribution in [3.63, 3.8) is 0 Å². The molecule has 4 amide bonds. The minimum Gasteiger partial charge on any atom is -0.356 e. The normalized spacial score (nSPS) is 18.2. The molecule has 8 heteroatoms. The van der Waals surface area contributed by atoms with E-state index in [0.29, 0.717) is 31.7 Å². The monoisotopic (exact) mass is 393 g/mol. The van der Waals surface area contributed by atoms with Gasteiger partial charge in [-0.1, -0.05) is 12.8 Å². The minimum absolute atomic E-state index is 0.0749. The third kappa shape index (κ3) is 4.80. The van der Waals surface area contributed by atoms with Crippen molar-refractivity contribution in [3.8, 4) is 0 Å². The van der Waals surface area contributed by atoms with Crippen molar-refractivity contribution < 1.29 is 18.8 Å². The van der Waals surface area contributed by atoms with Crippen molar-refractivity contribution in [3.05, 3.63) is 30.1 Å². The van der Waals surface area contributed by atoms with E-state index in [4.69, 9.17) is 0 Å². The van der Waals surface area contributed by atoms with Gasteiger partial charge in [-0.2, -0.15) is 0 Å². The minimum atomic E-state index is -0.669. The topological polar surface area (TPSA) is 78.5 Å². The maximum Gasteiger partial charge on any atom is 0.325 e. The van der Waals surface area contributed by atoms with E-state index in [0.717, 1.165) is 30.6 Å². The molecule has 3 rings (SSSR count). The molecule has 1 saturated heterocycles. The maximum absolute atomic E-state index is 12.8. The molecule has 0 unspecified atom stereocenters. The van der Waals surface area contributed by atoms with Gasteiger partial charge in [0.1, 0.15) is 11.4 Å². The van der Waals surface area contributed by atoms with Crippen LogP contribution in [0.3, 0.4) is 0 Å². The molecule has 27 heavy (non-hydrogen) atoms. The lowest BCUT2D eigenvalue weighted by atomic mass is 9.98. The molecule has 146 valence electrons. The van der Waals surface area contributed by atoms with Gasteiger partial charge in [0.05, 0.1) is 0 Å². The highest BCUT2D eigenvalue weighted by Crippen LogP contribution is 2.34. The number of hydrogen-bond acceptors (Lipinski definition) is 4. The van der Waals surface area contributed by atoms with E-state index in [9.17, 15) is 18.8 Å². The highest BCUT2D eigenvalue weighted by Gasteiger charge is 2.51. The van der Waals surface area contributed by atoms with Crippen molar-refractivity contribution in [2.75, 3.05) is 18.8 Å². The molecule has 2 aliphatic rings. The van der Waals surface area contributed by atoms with Crippen molar-refractivity contribution in [1.82, 2.24) is 15.5 Å². The number of halogens is 1. The number of nitrogens with one attached hydrogen (secondary N) is 2. The Labute approximate surface area is 162 Å². The average Bonchev–Trinajstić information content (AvgIpc) is 3.20. The molecule has 0 aromatic heterocycles. The molecule has 1 aromatic carbocycles. The molecule has 1 spiro atoms. The number of carbonyl (C=O) groups is 3. The van der Waals surface area contributed by atoms with Crippen molar-refractivity contribution >= 4 is 29.6 Å². The second-order valence-corrected chi connectivity index (χ2v) is 8.10. The lowest BCUT2D eigenvalue weighted by Crippen LogP contribution is -2.44. The Kier molecular flexibility index (Phi) is 6.36. The fourth-order valence-electron chi connectivity index (χ4n) is 3.54. The second-order valence-electron chi connectivity index (χ2n) is 6.93. The third-order valence-electron chi connectivity index (χ3n) is 5.00. The van der Waals surface area contributed by atoms with Gasteiger partial charge in [0.25, 0.3) is 5.91 Å². The zero-order valence-electron chi connectivity index (χ0n) is 15.1. The molecule has 1 aromatic rings. The molecule has 1 heterocycles. The Balaban J connectivity index is 1.31. The predicted octanol–water partition coefficient (Wildman–Crippen LogP) is 2.68. The van der Waals surface area contributed by atoms with Crippen LogP contribution in [0.1, 0.15) is 38.5 Å². The van der Waals surface area contributed by atoms with Crippen LogP contribution in [0.4, 0.5) is 9.18 Å². The number of rotatable bonds is 8. The zero-order chi connectivity index (χ0) is 19.3. The molecule has 0 bridgehead atoms. The Hall–Kier alpha value is -2.09. The molecule has 1 aliphatic heterocycles. The molecular weight excluding hydrogens is 369 g/mol. The van der Waals surface area contributed by atoms with Crippen LogP contribution in [0.25, 0.3) is 0 Å². The van der Waals surface area contributed by atoms with Gasteiger partial charge in [-0.05, 0) is 43.5 Å². The molecule has 0 radical (unpaired) electrons. The number of carbonyl (C=O) groups excluding carboxylic acids is 3. The standard InChI is InChI=1S/C19H24FN3O3S/c20-14-4-6-15(7-5-14)27-13-8-16(24)21-11-3-12-23-17(25)19(22-18(23)26)9-1-2-10-19/h4-7H,1-3,8-13H2,(H,21,24)(H,22,26). The van der Waals surface area contributed by atoms with Gasteiger partial charge in [0.2, 0.25) is 5.91 Å². The van der Waals surface area contributed by atoms with Crippen LogP contribution in [0.15, 0.2) is 29.2 Å². The van der Waals surface area contributed by atoms with Crippen LogP contribution >= 0.6 is 11.8 Å². The Morgan fingerprint density at radius 2 is 1.93 bits per heavy atom. The highest BCUT2D eigenvalue weighted by molar-refractivity contribution is 7.99. The van der Waals surface area contributed by atoms with Gasteiger partial charge in [0.15, 0.2) is 0 Å². The molecule has 1 saturated carbocycles. The van der Waals surface area contributed by atoms with Gasteiger partial charge < -0.3 is 10.6 Å². The smallest absolute Gasteiger partial charge is 0.325 e. The first-order valence-electron chi connectivity index (χ1n) is 9.29. The maximum atomic E-state index is 12.8. The van der Waals surface area contributed by atoms with Crippen LogP contribution in [0, 0.1) is 5.82 Å². The first-order chi connectivity index (χ1) is 13.0. The van der Waals surface area contributed by atoms with Gasteiger partial charge in [-0.3, -0.25) is 14.5 Å². The number of urea groups is 1. The van der Waals surface area contributed by atoms with Crippen LogP contribution in [0.2, 0.25) is 0 Å². The number of thioether (sulfide) groups is 1. The fourth-order valence-corrected chi connectivity index (χ4v) is 4.39. The third-order valence-corrected chi connectivity index (χ3v) is 6.01. The van der Waals surface area contributed by atoms with Gasteiger partial charge >= 0.3 is 6.03 Å². The van der Waals surface area contributed by atoms with E-state index in [1.165, 1.54) is 28.8 Å². The summed E-state index contributed by atoms with van der Waals surface area (Å²) in [6.45, 7) is 0.737. The van der Waals surface area contributed by atoms with E-state index in [1.54, 1.807) is 12.1 Å². The second kappa shape index (κ2) is 8.73. The number of imide groups is 1. The van der Waals surface area contributed by atoms with Gasteiger partial charge in [-0.25, -0.2) is 9.18 Å². The first-order valence-corrected chi connectivity index (χ1v) is 10.3. The molecule has 2 fully saturated rings. The quantitative estimate of drug-likeness (QED) is 0.404. The summed E-state index contributed by atoms with van der Waals surface area (Å²) in [4.78, 5) is 38.6. The molecular formula is C19H24FN3O3S. The lowest BCUT2D eigenvalue weighted by Gasteiger charge is -2.20. The number of benzene rings is 1. The van der Waals surface area contributed by atoms with Crippen LogP contribution in [-0.2, 0) is 9.59 Å². The zero-order valence-corrected chi connectivity index (χ0v) is 15.9. The van der Waals surface area contributed by atoms with E-state index in [2.05, 4.69) is 10.6 Å². The summed E-state index contributed by atoms with van der Waals surface area (Å²) in [6.07, 6.45) is 4.26. The van der Waals surface area contributed by atoms with Gasteiger partial charge in [-0.15, -0.1) is 11.8 Å². The number of hydrogen-bond donors (Lipinski definition) is 2. The van der Waals surface area contributed by atoms with Crippen molar-refractivity contribution in [2.24, 2.45) is 0 Å². The van der Waals surface area contributed by atoms with Crippen LogP contribution < -0.4 is 10.6 Å². The Bertz CT molecular complexity index is 705. The lowest BCUT2D eigenvalue weighted by molar-refractivity contribution is -0.131. The van der Waals surface area contributed by atoms with Crippen molar-refractivity contribution in [2.45, 2.75) is 49.0 Å². The molecule has 0 atom stereocenters. The summed E-state index contributed by atoms with van der Waals surface area (Å²) in [5.41, 5.74) is -0.669. The van der Waals surface area contributed by atoms with E-state index >= 15 is 0 Å². The van der Waals surface area contributed by atoms with Crippen molar-refractivity contribution in [1.29, 1.82) is 0 Å². The fraction of sp³-hybridized carbons (Fsp3) is 0.526. The molecule has 1 aliphatic carbocycles. The predicted molar refractivity (Wildman–Crippen MR) is 101 cm³/mol. The Morgan fingerprint density at radius 1 is 1.22 bits per heavy atom. The van der Waals surface area contributed by atoms with Gasteiger partial charge in [0, 0.05) is 30.2 Å².